The van der Waals surface area contributed by atoms with Crippen molar-refractivity contribution in [2.75, 3.05) is 20.3 Å². The summed E-state index contributed by atoms with van der Waals surface area (Å²) in [7, 11) is -3.88. The maximum absolute atomic E-state index is 13.1. The fraction of sp³-hybridized carbons (Fsp3) is 0.471. The van der Waals surface area contributed by atoms with Crippen molar-refractivity contribution in [3.05, 3.63) is 41.5 Å². The zero-order valence-corrected chi connectivity index (χ0v) is 14.7. The maximum Gasteiger partial charge on any atom is 0.501 e. The van der Waals surface area contributed by atoms with Crippen molar-refractivity contribution in [1.29, 1.82) is 0 Å². The zero-order chi connectivity index (χ0) is 18.7. The maximum atomic E-state index is 13.1. The molecule has 0 fully saturated rings. The van der Waals surface area contributed by atoms with Gasteiger partial charge in [0.25, 0.3) is 9.84 Å². The van der Waals surface area contributed by atoms with Gasteiger partial charge in [0.2, 0.25) is 0 Å². The van der Waals surface area contributed by atoms with Crippen LogP contribution in [0.15, 0.2) is 34.7 Å². The van der Waals surface area contributed by atoms with E-state index in [1.807, 2.05) is 0 Å². The van der Waals surface area contributed by atoms with Crippen molar-refractivity contribution in [3.8, 4) is 0 Å². The van der Waals surface area contributed by atoms with E-state index in [0.717, 1.165) is 11.6 Å². The van der Waals surface area contributed by atoms with E-state index in [9.17, 15) is 21.6 Å². The van der Waals surface area contributed by atoms with E-state index in [0.29, 0.717) is 50.1 Å². The van der Waals surface area contributed by atoms with Crippen LogP contribution in [0.5, 0.6) is 0 Å². The molecule has 0 aliphatic heterocycles. The van der Waals surface area contributed by atoms with Crippen molar-refractivity contribution in [2.24, 2.45) is 4.99 Å². The summed E-state index contributed by atoms with van der Waals surface area (Å²) >= 11 is 0. The summed E-state index contributed by atoms with van der Waals surface area (Å²) < 4.78 is 68.1. The molecule has 1 aliphatic carbocycles. The molecular weight excluding hydrogens is 355 g/mol. The lowest BCUT2D eigenvalue weighted by atomic mass is 10.0. The second-order valence-corrected chi connectivity index (χ2v) is 7.60. The molecule has 0 amide bonds. The van der Waals surface area contributed by atoms with E-state index in [4.69, 9.17) is 4.74 Å². The average molecular weight is 375 g/mol. The van der Waals surface area contributed by atoms with Crippen molar-refractivity contribution < 1.29 is 26.3 Å². The van der Waals surface area contributed by atoms with Gasteiger partial charge in [-0.1, -0.05) is 12.1 Å². The topological polar surface area (TPSA) is 55.7 Å². The van der Waals surface area contributed by atoms with Crippen LogP contribution in [-0.4, -0.2) is 39.9 Å². The van der Waals surface area contributed by atoms with Gasteiger partial charge in [0.05, 0.1) is 4.90 Å². The largest absolute Gasteiger partial charge is 0.501 e. The number of sulfone groups is 1. The van der Waals surface area contributed by atoms with E-state index in [2.05, 4.69) is 11.6 Å². The number of hydrogen-bond acceptors (Lipinski definition) is 4. The Morgan fingerprint density at radius 3 is 2.64 bits per heavy atom. The van der Waals surface area contributed by atoms with Gasteiger partial charge in [-0.25, -0.2) is 8.42 Å². The lowest BCUT2D eigenvalue weighted by molar-refractivity contribution is -0.0436. The van der Waals surface area contributed by atoms with Gasteiger partial charge < -0.3 is 4.74 Å². The highest BCUT2D eigenvalue weighted by molar-refractivity contribution is 7.92. The number of fused-ring (bicyclic) bond motifs is 1. The molecule has 25 heavy (non-hydrogen) atoms. The smallest absolute Gasteiger partial charge is 0.385 e. The lowest BCUT2D eigenvalue weighted by Crippen LogP contribution is -2.25. The molecule has 0 N–H and O–H groups in total. The van der Waals surface area contributed by atoms with Crippen LogP contribution in [0.4, 0.5) is 13.2 Å². The number of benzene rings is 1. The van der Waals surface area contributed by atoms with Crippen molar-refractivity contribution >= 4 is 15.5 Å². The molecular formula is C17H20F3NO3S. The number of alkyl halides is 3. The van der Waals surface area contributed by atoms with E-state index >= 15 is 0 Å². The molecule has 2 rings (SSSR count). The van der Waals surface area contributed by atoms with E-state index < -0.39 is 20.2 Å². The third-order valence-corrected chi connectivity index (χ3v) is 5.57. The van der Waals surface area contributed by atoms with Gasteiger partial charge in [-0.3, -0.25) is 4.99 Å². The molecule has 0 saturated heterocycles. The van der Waals surface area contributed by atoms with Gasteiger partial charge in [0.15, 0.2) is 0 Å². The summed E-state index contributed by atoms with van der Waals surface area (Å²) in [6, 6.07) is 2.48. The molecule has 0 radical (unpaired) electrons. The third-order valence-electron chi connectivity index (χ3n) is 4.04. The van der Waals surface area contributed by atoms with Crippen LogP contribution in [0.2, 0.25) is 0 Å². The summed E-state index contributed by atoms with van der Waals surface area (Å²) in [6.07, 6.45) is 3.62. The Kier molecular flexibility index (Phi) is 6.05. The monoisotopic (exact) mass is 375 g/mol. The number of rotatable bonds is 7. The van der Waals surface area contributed by atoms with Crippen LogP contribution < -0.4 is 0 Å². The Bertz CT molecular complexity index is 783. The summed E-state index contributed by atoms with van der Waals surface area (Å²) in [4.78, 5) is 3.64. The number of allylic oxidation sites excluding steroid dienone is 1. The molecule has 0 aromatic heterocycles. The van der Waals surface area contributed by atoms with E-state index in [1.54, 1.807) is 13.2 Å². The van der Waals surface area contributed by atoms with Crippen LogP contribution in [0.1, 0.15) is 29.5 Å². The summed E-state index contributed by atoms with van der Waals surface area (Å²) in [5.74, 6) is 0. The predicted molar refractivity (Wildman–Crippen MR) is 89.8 cm³/mol. The molecule has 0 unspecified atom stereocenters. The highest BCUT2D eigenvalue weighted by Gasteiger charge is 2.49. The number of ether oxygens (including phenoxy) is 1. The number of hydrogen-bond donors (Lipinski definition) is 0. The molecule has 0 saturated carbocycles. The first-order chi connectivity index (χ1) is 11.7. The van der Waals surface area contributed by atoms with E-state index in [1.165, 1.54) is 6.07 Å². The minimum absolute atomic E-state index is 0.120. The number of nitrogens with zero attached hydrogens (tertiary/aromatic N) is 1. The van der Waals surface area contributed by atoms with Gasteiger partial charge in [0.1, 0.15) is 0 Å². The molecule has 1 aliphatic rings. The third kappa shape index (κ3) is 3.95. The first kappa shape index (κ1) is 19.7. The molecule has 8 heteroatoms. The normalized spacial score (nSPS) is 16.2. The quantitative estimate of drug-likeness (QED) is 0.542. The first-order valence-electron chi connectivity index (χ1n) is 7.83. The predicted octanol–water partition coefficient (Wildman–Crippen LogP) is 3.48. The van der Waals surface area contributed by atoms with Gasteiger partial charge in [-0.2, -0.15) is 13.2 Å². The Labute approximate surface area is 145 Å². The Balaban J connectivity index is 2.57. The highest BCUT2D eigenvalue weighted by atomic mass is 32.2. The van der Waals surface area contributed by atoms with Crippen LogP contribution in [0.3, 0.4) is 0 Å². The van der Waals surface area contributed by atoms with Gasteiger partial charge in [0, 0.05) is 31.5 Å². The fourth-order valence-electron chi connectivity index (χ4n) is 2.92. The molecule has 0 bridgehead atoms. The first-order valence-corrected chi connectivity index (χ1v) is 9.32. The van der Waals surface area contributed by atoms with Crippen molar-refractivity contribution in [2.45, 2.75) is 36.1 Å². The van der Waals surface area contributed by atoms with E-state index in [-0.39, 0.29) is 5.56 Å². The summed E-state index contributed by atoms with van der Waals surface area (Å²) in [5.41, 5.74) is -3.40. The van der Waals surface area contributed by atoms with Crippen LogP contribution >= 0.6 is 0 Å². The molecule has 0 atom stereocenters. The van der Waals surface area contributed by atoms with Gasteiger partial charge in [-0.15, -0.1) is 6.58 Å². The fourth-order valence-corrected chi connectivity index (χ4v) is 3.92. The minimum atomic E-state index is -5.43. The molecule has 0 heterocycles. The van der Waals surface area contributed by atoms with Crippen molar-refractivity contribution in [1.82, 2.24) is 0 Å². The SMILES string of the molecule is C=CCc1ccc(S(=O)(=O)C(F)(F)F)c2c1CCC2=NCCCOC. The van der Waals surface area contributed by atoms with Gasteiger partial charge in [-0.05, 0) is 42.9 Å². The van der Waals surface area contributed by atoms with Crippen molar-refractivity contribution in [3.63, 3.8) is 0 Å². The van der Waals surface area contributed by atoms with Crippen LogP contribution in [0.25, 0.3) is 0 Å². The Morgan fingerprint density at radius 2 is 2.04 bits per heavy atom. The highest BCUT2D eigenvalue weighted by Crippen LogP contribution is 2.38. The van der Waals surface area contributed by atoms with Gasteiger partial charge >= 0.3 is 5.51 Å². The Morgan fingerprint density at radius 1 is 1.32 bits per heavy atom. The van der Waals surface area contributed by atoms with Crippen LogP contribution in [-0.2, 0) is 27.4 Å². The molecule has 138 valence electrons. The number of halogens is 3. The number of aliphatic imine (C=N–C) groups is 1. The second-order valence-electron chi connectivity index (χ2n) is 5.69. The molecule has 1 aromatic rings. The Hall–Kier alpha value is -1.67. The van der Waals surface area contributed by atoms with Crippen LogP contribution in [0, 0.1) is 0 Å². The molecule has 0 spiro atoms. The summed E-state index contributed by atoms with van der Waals surface area (Å²) in [6.45, 7) is 4.49. The summed E-state index contributed by atoms with van der Waals surface area (Å²) in [5, 5.41) is 0. The zero-order valence-electron chi connectivity index (χ0n) is 13.9. The second kappa shape index (κ2) is 7.70. The molecule has 1 aromatic carbocycles. The lowest BCUT2D eigenvalue weighted by Gasteiger charge is -2.15. The standard InChI is InChI=1S/C17H20F3NO3S/c1-3-5-12-6-9-15(25(22,23)17(18,19)20)16-13(12)7-8-14(16)21-10-4-11-24-2/h3,6,9H,1,4-5,7-8,10-11H2,2H3. The number of methoxy groups -OCH3 is 1. The minimum Gasteiger partial charge on any atom is -0.385 e. The average Bonchev–Trinajstić information content (AvgIpc) is 2.95. The molecule has 4 nitrogen and oxygen atoms in total.